The molecule has 4 aromatic carbocycles. The maximum atomic E-state index is 12.3. The molecule has 0 bridgehead atoms. The molecular weight excluding hydrogens is 400 g/mol. The summed E-state index contributed by atoms with van der Waals surface area (Å²) in [4.78, 5) is 12.3. The first-order valence-corrected chi connectivity index (χ1v) is 10.8. The van der Waals surface area contributed by atoms with Crippen molar-refractivity contribution in [1.29, 1.82) is 0 Å². The summed E-state index contributed by atoms with van der Waals surface area (Å²) in [5.74, 6) is 1.67. The molecule has 0 saturated carbocycles. The summed E-state index contributed by atoms with van der Waals surface area (Å²) < 4.78 is 10.7. The number of carbonyl (C=O) groups excluding carboxylic acids is 1. The molecule has 0 radical (unpaired) electrons. The van der Waals surface area contributed by atoms with E-state index in [4.69, 9.17) is 9.47 Å². The summed E-state index contributed by atoms with van der Waals surface area (Å²) in [7, 11) is 3.34. The van der Waals surface area contributed by atoms with Crippen molar-refractivity contribution in [2.75, 3.05) is 27.3 Å². The molecule has 32 heavy (non-hydrogen) atoms. The normalized spacial score (nSPS) is 10.8. The Balaban J connectivity index is 1.30. The van der Waals surface area contributed by atoms with E-state index in [0.717, 1.165) is 35.1 Å². The SMILES string of the molecule is COc1ccc2cccc(CCNC(=O)NCCc3cccc4ccc(OC)cc34)c2c1. The van der Waals surface area contributed by atoms with Gasteiger partial charge in [0.25, 0.3) is 0 Å². The van der Waals surface area contributed by atoms with Gasteiger partial charge in [0.1, 0.15) is 11.5 Å². The number of hydrogen-bond donors (Lipinski definition) is 2. The number of hydrogen-bond acceptors (Lipinski definition) is 3. The summed E-state index contributed by atoms with van der Waals surface area (Å²) in [6.07, 6.45) is 1.50. The molecule has 0 fully saturated rings. The molecular formula is C27H28N2O3. The third-order valence-corrected chi connectivity index (χ3v) is 5.72. The summed E-state index contributed by atoms with van der Waals surface area (Å²) in [5, 5.41) is 10.6. The number of urea groups is 1. The average molecular weight is 429 g/mol. The molecule has 5 heteroatoms. The largest absolute Gasteiger partial charge is 0.497 e. The standard InChI is InChI=1S/C27H28N2O3/c1-31-23-11-9-19-5-3-7-21(25(19)17-23)13-15-28-27(30)29-16-14-22-8-4-6-20-10-12-24(32-2)18-26(20)22/h3-12,17-18H,13-16H2,1-2H3,(H2,28,29,30). The Morgan fingerprint density at radius 2 is 1.16 bits per heavy atom. The van der Waals surface area contributed by atoms with Gasteiger partial charge in [0.15, 0.2) is 0 Å². The predicted octanol–water partition coefficient (Wildman–Crippen LogP) is 5.09. The highest BCUT2D eigenvalue weighted by atomic mass is 16.5. The number of nitrogens with one attached hydrogen (secondary N) is 2. The van der Waals surface area contributed by atoms with Crippen LogP contribution in [0.15, 0.2) is 72.8 Å². The lowest BCUT2D eigenvalue weighted by molar-refractivity contribution is 0.241. The second kappa shape index (κ2) is 10.1. The molecule has 4 rings (SSSR count). The highest BCUT2D eigenvalue weighted by Crippen LogP contribution is 2.25. The third-order valence-electron chi connectivity index (χ3n) is 5.72. The van der Waals surface area contributed by atoms with Crippen molar-refractivity contribution < 1.29 is 14.3 Å². The minimum absolute atomic E-state index is 0.152. The van der Waals surface area contributed by atoms with E-state index in [2.05, 4.69) is 47.0 Å². The molecule has 0 spiro atoms. The number of fused-ring (bicyclic) bond motifs is 2. The smallest absolute Gasteiger partial charge is 0.314 e. The molecule has 0 unspecified atom stereocenters. The third kappa shape index (κ3) is 4.94. The van der Waals surface area contributed by atoms with Crippen molar-refractivity contribution >= 4 is 27.6 Å². The first kappa shape index (κ1) is 21.5. The van der Waals surface area contributed by atoms with E-state index in [1.165, 1.54) is 21.9 Å². The summed E-state index contributed by atoms with van der Waals surface area (Å²) in [6, 6.07) is 24.4. The molecule has 0 saturated heterocycles. The second-order valence-corrected chi connectivity index (χ2v) is 7.69. The molecule has 0 atom stereocenters. The zero-order valence-electron chi connectivity index (χ0n) is 18.5. The summed E-state index contributed by atoms with van der Waals surface area (Å²) >= 11 is 0. The fraction of sp³-hybridized carbons (Fsp3) is 0.222. The van der Waals surface area contributed by atoms with Gasteiger partial charge < -0.3 is 20.1 Å². The lowest BCUT2D eigenvalue weighted by Crippen LogP contribution is -2.37. The van der Waals surface area contributed by atoms with Crippen LogP contribution in [-0.4, -0.2) is 33.3 Å². The van der Waals surface area contributed by atoms with Crippen LogP contribution in [0.4, 0.5) is 4.79 Å². The van der Waals surface area contributed by atoms with Crippen molar-refractivity contribution in [3.05, 3.63) is 83.9 Å². The Morgan fingerprint density at radius 3 is 1.59 bits per heavy atom. The maximum absolute atomic E-state index is 12.3. The molecule has 5 nitrogen and oxygen atoms in total. The van der Waals surface area contributed by atoms with Crippen molar-refractivity contribution in [2.24, 2.45) is 0 Å². The molecule has 4 aromatic rings. The van der Waals surface area contributed by atoms with Crippen LogP contribution < -0.4 is 20.1 Å². The van der Waals surface area contributed by atoms with Gasteiger partial charge in [-0.05, 0) is 69.8 Å². The number of ether oxygens (including phenoxy) is 2. The number of carbonyl (C=O) groups is 1. The van der Waals surface area contributed by atoms with Gasteiger partial charge in [-0.1, -0.05) is 48.5 Å². The fourth-order valence-electron chi connectivity index (χ4n) is 4.01. The first-order valence-electron chi connectivity index (χ1n) is 10.8. The van der Waals surface area contributed by atoms with Crippen LogP contribution in [0.25, 0.3) is 21.5 Å². The van der Waals surface area contributed by atoms with Crippen LogP contribution in [0.1, 0.15) is 11.1 Å². The topological polar surface area (TPSA) is 59.6 Å². The Bertz CT molecular complexity index is 1140. The average Bonchev–Trinajstić information content (AvgIpc) is 2.83. The second-order valence-electron chi connectivity index (χ2n) is 7.69. The molecule has 0 aromatic heterocycles. The van der Waals surface area contributed by atoms with Crippen LogP contribution in [0, 0.1) is 0 Å². The van der Waals surface area contributed by atoms with E-state index in [0.29, 0.717) is 13.1 Å². The lowest BCUT2D eigenvalue weighted by atomic mass is 10.0. The molecule has 0 aliphatic rings. The molecule has 2 amide bonds. The monoisotopic (exact) mass is 428 g/mol. The molecule has 0 aliphatic heterocycles. The predicted molar refractivity (Wildman–Crippen MR) is 130 cm³/mol. The Hall–Kier alpha value is -3.73. The molecule has 2 N–H and O–H groups in total. The summed E-state index contributed by atoms with van der Waals surface area (Å²) in [6.45, 7) is 1.13. The number of methoxy groups -OCH3 is 2. The van der Waals surface area contributed by atoms with Crippen LogP contribution in [0.5, 0.6) is 11.5 Å². The zero-order valence-corrected chi connectivity index (χ0v) is 18.5. The number of rotatable bonds is 8. The van der Waals surface area contributed by atoms with Gasteiger partial charge in [-0.3, -0.25) is 0 Å². The minimum atomic E-state index is -0.152. The molecule has 0 heterocycles. The van der Waals surface area contributed by atoms with Gasteiger partial charge >= 0.3 is 6.03 Å². The van der Waals surface area contributed by atoms with Crippen molar-refractivity contribution in [2.45, 2.75) is 12.8 Å². The van der Waals surface area contributed by atoms with E-state index in [-0.39, 0.29) is 6.03 Å². The number of benzene rings is 4. The van der Waals surface area contributed by atoms with E-state index < -0.39 is 0 Å². The van der Waals surface area contributed by atoms with Crippen molar-refractivity contribution in [3.63, 3.8) is 0 Å². The van der Waals surface area contributed by atoms with E-state index in [1.54, 1.807) is 14.2 Å². The van der Waals surface area contributed by atoms with Gasteiger partial charge in [0, 0.05) is 13.1 Å². The fourth-order valence-corrected chi connectivity index (χ4v) is 4.01. The van der Waals surface area contributed by atoms with E-state index >= 15 is 0 Å². The Morgan fingerprint density at radius 1 is 0.688 bits per heavy atom. The molecule has 164 valence electrons. The van der Waals surface area contributed by atoms with E-state index in [1.807, 2.05) is 36.4 Å². The van der Waals surface area contributed by atoms with Gasteiger partial charge in [-0.2, -0.15) is 0 Å². The first-order chi connectivity index (χ1) is 15.7. The quantitative estimate of drug-likeness (QED) is 0.411. The Labute approximate surface area is 188 Å². The minimum Gasteiger partial charge on any atom is -0.497 e. The molecule has 0 aliphatic carbocycles. The van der Waals surface area contributed by atoms with Crippen molar-refractivity contribution in [3.8, 4) is 11.5 Å². The van der Waals surface area contributed by atoms with Crippen LogP contribution >= 0.6 is 0 Å². The summed E-state index contributed by atoms with van der Waals surface area (Å²) in [5.41, 5.74) is 2.37. The Kier molecular flexibility index (Phi) is 6.75. The van der Waals surface area contributed by atoms with Gasteiger partial charge in [0.05, 0.1) is 14.2 Å². The van der Waals surface area contributed by atoms with Crippen LogP contribution in [-0.2, 0) is 12.8 Å². The van der Waals surface area contributed by atoms with Gasteiger partial charge in [0.2, 0.25) is 0 Å². The van der Waals surface area contributed by atoms with Crippen LogP contribution in [0.2, 0.25) is 0 Å². The van der Waals surface area contributed by atoms with E-state index in [9.17, 15) is 4.79 Å². The zero-order chi connectivity index (χ0) is 22.3. The van der Waals surface area contributed by atoms with Crippen LogP contribution in [0.3, 0.4) is 0 Å². The maximum Gasteiger partial charge on any atom is 0.314 e. The lowest BCUT2D eigenvalue weighted by Gasteiger charge is -2.11. The highest BCUT2D eigenvalue weighted by Gasteiger charge is 2.06. The van der Waals surface area contributed by atoms with Crippen molar-refractivity contribution in [1.82, 2.24) is 10.6 Å². The highest BCUT2D eigenvalue weighted by molar-refractivity contribution is 5.88. The number of amides is 2. The van der Waals surface area contributed by atoms with Gasteiger partial charge in [-0.25, -0.2) is 4.79 Å². The van der Waals surface area contributed by atoms with Gasteiger partial charge in [-0.15, -0.1) is 0 Å².